The topological polar surface area (TPSA) is 62.3 Å². The highest BCUT2D eigenvalue weighted by Gasteiger charge is 2.45. The predicted octanol–water partition coefficient (Wildman–Crippen LogP) is 2.90. The highest BCUT2D eigenvalue weighted by molar-refractivity contribution is 5.98. The van der Waals surface area contributed by atoms with Gasteiger partial charge in [-0.2, -0.15) is 0 Å². The largest absolute Gasteiger partial charge is 0.349 e. The number of carbonyl (C=O) groups excluding carboxylic acids is 2. The molecule has 2 heterocycles. The Labute approximate surface area is 147 Å². The molecule has 1 aliphatic carbocycles. The average molecular weight is 337 g/mol. The normalized spacial score (nSPS) is 26.4. The predicted molar refractivity (Wildman–Crippen MR) is 96.2 cm³/mol. The molecule has 2 aromatic rings. The van der Waals surface area contributed by atoms with E-state index in [1.807, 2.05) is 42.3 Å². The van der Waals surface area contributed by atoms with Gasteiger partial charge in [0.2, 0.25) is 5.91 Å². The molecule has 1 aromatic carbocycles. The monoisotopic (exact) mass is 337 g/mol. The van der Waals surface area contributed by atoms with Gasteiger partial charge in [0, 0.05) is 42.2 Å². The molecule has 1 aromatic heterocycles. The van der Waals surface area contributed by atoms with Crippen molar-refractivity contribution in [2.75, 3.05) is 7.05 Å². The highest BCUT2D eigenvalue weighted by Crippen LogP contribution is 2.41. The van der Waals surface area contributed by atoms with Gasteiger partial charge in [-0.05, 0) is 56.4 Å². The zero-order chi connectivity index (χ0) is 17.4. The van der Waals surface area contributed by atoms with Crippen LogP contribution in [-0.2, 0) is 4.79 Å². The average Bonchev–Trinajstić information content (AvgIpc) is 2.92. The second-order valence-corrected chi connectivity index (χ2v) is 7.34. The Balaban J connectivity index is 1.41. The first-order chi connectivity index (χ1) is 12.1. The second kappa shape index (κ2) is 6.14. The molecule has 4 rings (SSSR count). The molecule has 0 unspecified atom stereocenters. The van der Waals surface area contributed by atoms with Crippen LogP contribution in [0.15, 0.2) is 36.5 Å². The molecule has 0 radical (unpaired) electrons. The lowest BCUT2D eigenvalue weighted by molar-refractivity contribution is -0.130. The molecule has 1 aliphatic heterocycles. The third kappa shape index (κ3) is 2.88. The van der Waals surface area contributed by atoms with Crippen molar-refractivity contribution in [2.45, 2.75) is 50.1 Å². The molecular weight excluding hydrogens is 314 g/mol. The summed E-state index contributed by atoms with van der Waals surface area (Å²) in [4.78, 5) is 30.7. The van der Waals surface area contributed by atoms with Crippen LogP contribution in [0, 0.1) is 0 Å². The van der Waals surface area contributed by atoms with Crippen molar-refractivity contribution in [3.05, 3.63) is 42.1 Å². The molecule has 2 fully saturated rings. The van der Waals surface area contributed by atoms with E-state index in [2.05, 4.69) is 10.3 Å². The first kappa shape index (κ1) is 16.1. The van der Waals surface area contributed by atoms with Crippen LogP contribution in [0.3, 0.4) is 0 Å². The Morgan fingerprint density at radius 3 is 2.76 bits per heavy atom. The van der Waals surface area contributed by atoms with Gasteiger partial charge in [-0.15, -0.1) is 0 Å². The molecule has 1 saturated heterocycles. The van der Waals surface area contributed by atoms with Crippen molar-refractivity contribution in [3.8, 4) is 0 Å². The molecule has 1 N–H and O–H groups in total. The number of carbonyl (C=O) groups is 2. The first-order valence-electron chi connectivity index (χ1n) is 9.00. The van der Waals surface area contributed by atoms with Crippen molar-refractivity contribution in [3.63, 3.8) is 0 Å². The highest BCUT2D eigenvalue weighted by atomic mass is 16.2. The van der Waals surface area contributed by atoms with E-state index in [4.69, 9.17) is 0 Å². The van der Waals surface area contributed by atoms with E-state index in [-0.39, 0.29) is 23.4 Å². The molecule has 0 atom stereocenters. The van der Waals surface area contributed by atoms with Gasteiger partial charge >= 0.3 is 0 Å². The molecule has 2 amide bonds. The molecule has 5 nitrogen and oxygen atoms in total. The van der Waals surface area contributed by atoms with Crippen molar-refractivity contribution >= 4 is 22.7 Å². The number of fused-ring (bicyclic) bond motifs is 1. The van der Waals surface area contributed by atoms with Gasteiger partial charge in [0.1, 0.15) is 0 Å². The van der Waals surface area contributed by atoms with Crippen molar-refractivity contribution < 1.29 is 9.59 Å². The van der Waals surface area contributed by atoms with Gasteiger partial charge < -0.3 is 10.2 Å². The van der Waals surface area contributed by atoms with Crippen LogP contribution in [0.25, 0.3) is 10.9 Å². The second-order valence-electron chi connectivity index (χ2n) is 7.34. The van der Waals surface area contributed by atoms with E-state index in [9.17, 15) is 9.59 Å². The lowest BCUT2D eigenvalue weighted by Crippen LogP contribution is -2.49. The lowest BCUT2D eigenvalue weighted by atomic mass is 9.78. The Morgan fingerprint density at radius 1 is 1.24 bits per heavy atom. The fourth-order valence-electron chi connectivity index (χ4n) is 4.31. The molecule has 0 bridgehead atoms. The molecule has 130 valence electrons. The minimum atomic E-state index is -0.0254. The van der Waals surface area contributed by atoms with E-state index in [1.54, 1.807) is 6.20 Å². The minimum Gasteiger partial charge on any atom is -0.349 e. The maximum absolute atomic E-state index is 12.6. The van der Waals surface area contributed by atoms with Gasteiger partial charge in [0.25, 0.3) is 5.91 Å². The van der Waals surface area contributed by atoms with Crippen molar-refractivity contribution in [1.82, 2.24) is 15.2 Å². The van der Waals surface area contributed by atoms with E-state index in [0.29, 0.717) is 12.0 Å². The maximum atomic E-state index is 12.6. The van der Waals surface area contributed by atoms with Gasteiger partial charge in [0.05, 0.1) is 5.52 Å². The standard InChI is InChI=1S/C20H23N3O2/c1-23-18(24)8-11-20(23)9-6-16(7-10-20)22-19(25)15-4-5-17-14(13-15)3-2-12-21-17/h2-5,12-13,16H,6-11H2,1H3,(H,22,25). The van der Waals surface area contributed by atoms with Crippen LogP contribution in [-0.4, -0.2) is 40.3 Å². The molecule has 1 spiro atoms. The Hall–Kier alpha value is -2.43. The Morgan fingerprint density at radius 2 is 2.04 bits per heavy atom. The number of amides is 2. The zero-order valence-electron chi connectivity index (χ0n) is 14.5. The van der Waals surface area contributed by atoms with E-state index >= 15 is 0 Å². The third-order valence-corrected chi connectivity index (χ3v) is 6.01. The Bertz CT molecular complexity index is 825. The lowest BCUT2D eigenvalue weighted by Gasteiger charge is -2.42. The Kier molecular flexibility index (Phi) is 3.94. The molecule has 5 heteroatoms. The summed E-state index contributed by atoms with van der Waals surface area (Å²) in [6.45, 7) is 0. The zero-order valence-corrected chi connectivity index (χ0v) is 14.5. The fourth-order valence-corrected chi connectivity index (χ4v) is 4.31. The maximum Gasteiger partial charge on any atom is 0.251 e. The van der Waals surface area contributed by atoms with Crippen LogP contribution in [0.4, 0.5) is 0 Å². The van der Waals surface area contributed by atoms with E-state index < -0.39 is 0 Å². The van der Waals surface area contributed by atoms with Crippen molar-refractivity contribution in [1.29, 1.82) is 0 Å². The van der Waals surface area contributed by atoms with Gasteiger partial charge in [-0.3, -0.25) is 14.6 Å². The molecular formula is C20H23N3O2. The number of likely N-dealkylation sites (tertiary alicyclic amines) is 1. The van der Waals surface area contributed by atoms with Crippen LogP contribution in [0.1, 0.15) is 48.9 Å². The number of hydrogen-bond acceptors (Lipinski definition) is 3. The third-order valence-electron chi connectivity index (χ3n) is 6.01. The number of benzene rings is 1. The summed E-state index contributed by atoms with van der Waals surface area (Å²) in [5, 5.41) is 4.15. The summed E-state index contributed by atoms with van der Waals surface area (Å²) in [7, 11) is 1.93. The quantitative estimate of drug-likeness (QED) is 0.916. The first-order valence-corrected chi connectivity index (χ1v) is 9.00. The van der Waals surface area contributed by atoms with Gasteiger partial charge in [-0.1, -0.05) is 6.07 Å². The van der Waals surface area contributed by atoms with E-state index in [0.717, 1.165) is 43.0 Å². The van der Waals surface area contributed by atoms with Crippen LogP contribution < -0.4 is 5.32 Å². The summed E-state index contributed by atoms with van der Waals surface area (Å²) in [6.07, 6.45) is 7.19. The fraction of sp³-hybridized carbons (Fsp3) is 0.450. The summed E-state index contributed by atoms with van der Waals surface area (Å²) in [5.74, 6) is 0.231. The van der Waals surface area contributed by atoms with E-state index in [1.165, 1.54) is 0 Å². The van der Waals surface area contributed by atoms with Gasteiger partial charge in [0.15, 0.2) is 0 Å². The number of aromatic nitrogens is 1. The SMILES string of the molecule is CN1C(=O)CCC12CCC(NC(=O)c1ccc3ncccc3c1)CC2. The number of rotatable bonds is 2. The van der Waals surface area contributed by atoms with Crippen LogP contribution in [0.2, 0.25) is 0 Å². The molecule has 1 saturated carbocycles. The minimum absolute atomic E-state index is 0.0254. The summed E-state index contributed by atoms with van der Waals surface area (Å²) in [6, 6.07) is 9.65. The van der Waals surface area contributed by atoms with Crippen molar-refractivity contribution in [2.24, 2.45) is 0 Å². The number of nitrogens with zero attached hydrogens (tertiary/aromatic N) is 2. The van der Waals surface area contributed by atoms with Gasteiger partial charge in [-0.25, -0.2) is 0 Å². The number of pyridine rings is 1. The number of hydrogen-bond donors (Lipinski definition) is 1. The van der Waals surface area contributed by atoms with Crippen LogP contribution >= 0.6 is 0 Å². The molecule has 2 aliphatic rings. The summed E-state index contributed by atoms with van der Waals surface area (Å²) in [5.41, 5.74) is 1.61. The summed E-state index contributed by atoms with van der Waals surface area (Å²) >= 11 is 0. The number of nitrogens with one attached hydrogen (secondary N) is 1. The van der Waals surface area contributed by atoms with Crippen LogP contribution in [0.5, 0.6) is 0 Å². The molecule has 25 heavy (non-hydrogen) atoms. The smallest absolute Gasteiger partial charge is 0.251 e. The summed E-state index contributed by atoms with van der Waals surface area (Å²) < 4.78 is 0.